The number of aromatic nitrogens is 2. The van der Waals surface area contributed by atoms with Crippen LogP contribution in [-0.4, -0.2) is 21.7 Å². The monoisotopic (exact) mass is 384 g/mol. The Kier molecular flexibility index (Phi) is 5.05. The van der Waals surface area contributed by atoms with Crippen molar-refractivity contribution in [3.05, 3.63) is 64.9 Å². The van der Waals surface area contributed by atoms with Gasteiger partial charge in [-0.3, -0.25) is 4.79 Å². The second-order valence-electron chi connectivity index (χ2n) is 5.57. The highest BCUT2D eigenvalue weighted by atomic mass is 79.9. The number of hydrogen-bond donors (Lipinski definition) is 1. The minimum Gasteiger partial charge on any atom is -0.330 e. The van der Waals surface area contributed by atoms with E-state index in [-0.39, 0.29) is 11.8 Å². The molecule has 1 heterocycles. The molecule has 3 rings (SSSR count). The maximum absolute atomic E-state index is 12.2. The summed E-state index contributed by atoms with van der Waals surface area (Å²) in [4.78, 5) is 16.5. The van der Waals surface area contributed by atoms with Crippen molar-refractivity contribution in [3.63, 3.8) is 0 Å². The highest BCUT2D eigenvalue weighted by Crippen LogP contribution is 2.14. The third-order valence-corrected chi connectivity index (χ3v) is 4.23. The van der Waals surface area contributed by atoms with Gasteiger partial charge in [-0.2, -0.15) is 5.10 Å². The zero-order valence-electron chi connectivity index (χ0n) is 13.2. The van der Waals surface area contributed by atoms with E-state index < -0.39 is 0 Å². The summed E-state index contributed by atoms with van der Waals surface area (Å²) >= 11 is 3.38. The van der Waals surface area contributed by atoms with Gasteiger partial charge < -0.3 is 4.57 Å². The molecular weight excluding hydrogens is 368 g/mol. The van der Waals surface area contributed by atoms with Crippen LogP contribution in [0.3, 0.4) is 0 Å². The van der Waals surface area contributed by atoms with E-state index in [1.54, 1.807) is 12.5 Å². The lowest BCUT2D eigenvalue weighted by atomic mass is 10.1. The van der Waals surface area contributed by atoms with Gasteiger partial charge in [0.2, 0.25) is 5.91 Å². The fraction of sp³-hybridized carbons (Fsp3) is 0.167. The van der Waals surface area contributed by atoms with Gasteiger partial charge in [0.25, 0.3) is 0 Å². The van der Waals surface area contributed by atoms with Crippen LogP contribution in [0, 0.1) is 5.92 Å². The van der Waals surface area contributed by atoms with Gasteiger partial charge in [-0.25, -0.2) is 10.4 Å². The van der Waals surface area contributed by atoms with Crippen molar-refractivity contribution < 1.29 is 4.79 Å². The largest absolute Gasteiger partial charge is 0.330 e. The molecule has 0 bridgehead atoms. The molecule has 1 aromatic heterocycles. The average Bonchev–Trinajstić information content (AvgIpc) is 3.00. The molecule has 0 aliphatic carbocycles. The number of carbonyl (C=O) groups excluding carboxylic acids is 1. The first-order valence-electron chi connectivity index (χ1n) is 7.62. The molecule has 0 radical (unpaired) electrons. The molecule has 0 saturated heterocycles. The van der Waals surface area contributed by atoms with Crippen LogP contribution in [0.1, 0.15) is 12.5 Å². The molecule has 3 aromatic rings. The van der Waals surface area contributed by atoms with E-state index in [4.69, 9.17) is 0 Å². The highest BCUT2D eigenvalue weighted by Gasteiger charge is 2.14. The van der Waals surface area contributed by atoms with E-state index in [0.29, 0.717) is 6.54 Å². The fourth-order valence-electron chi connectivity index (χ4n) is 2.36. The second kappa shape index (κ2) is 7.40. The lowest BCUT2D eigenvalue weighted by Gasteiger charge is -2.11. The molecular formula is C18H17BrN4O. The van der Waals surface area contributed by atoms with Gasteiger partial charge in [0.05, 0.1) is 29.5 Å². The Morgan fingerprint density at radius 2 is 2.04 bits per heavy atom. The number of nitrogens with zero attached hydrogens (tertiary/aromatic N) is 3. The summed E-state index contributed by atoms with van der Waals surface area (Å²) in [5.74, 6) is -0.342. The molecule has 1 atom stereocenters. The maximum atomic E-state index is 12.2. The Morgan fingerprint density at radius 1 is 1.29 bits per heavy atom. The Hall–Kier alpha value is -2.47. The number of rotatable bonds is 5. The van der Waals surface area contributed by atoms with Crippen molar-refractivity contribution in [1.82, 2.24) is 15.0 Å². The standard InChI is InChI=1S/C18H17BrN4O/c1-13(11-23-12-20-16-4-2-3-5-17(16)23)18(24)22-21-10-14-6-8-15(19)9-7-14/h2-10,12-13H,11H2,1H3,(H,22,24)/t13-/m0/s1. The van der Waals surface area contributed by atoms with Crippen molar-refractivity contribution in [2.24, 2.45) is 11.0 Å². The third kappa shape index (κ3) is 3.89. The number of carbonyl (C=O) groups is 1. The van der Waals surface area contributed by atoms with Crippen LogP contribution in [-0.2, 0) is 11.3 Å². The van der Waals surface area contributed by atoms with E-state index >= 15 is 0 Å². The molecule has 1 amide bonds. The number of benzene rings is 2. The number of nitrogens with one attached hydrogen (secondary N) is 1. The summed E-state index contributed by atoms with van der Waals surface area (Å²) < 4.78 is 2.99. The zero-order chi connectivity index (χ0) is 16.9. The molecule has 0 fully saturated rings. The molecule has 0 spiro atoms. The first kappa shape index (κ1) is 16.4. The summed E-state index contributed by atoms with van der Waals surface area (Å²) in [5, 5.41) is 4.02. The predicted molar refractivity (Wildman–Crippen MR) is 98.8 cm³/mol. The molecule has 0 aliphatic heterocycles. The van der Waals surface area contributed by atoms with Crippen molar-refractivity contribution in [1.29, 1.82) is 0 Å². The van der Waals surface area contributed by atoms with Crippen LogP contribution in [0.25, 0.3) is 11.0 Å². The molecule has 0 unspecified atom stereocenters. The van der Waals surface area contributed by atoms with Crippen LogP contribution in [0.15, 0.2) is 64.4 Å². The molecule has 122 valence electrons. The number of amides is 1. The minimum absolute atomic E-state index is 0.124. The van der Waals surface area contributed by atoms with Gasteiger partial charge in [0, 0.05) is 11.0 Å². The van der Waals surface area contributed by atoms with Gasteiger partial charge >= 0.3 is 0 Å². The molecule has 6 heteroatoms. The zero-order valence-corrected chi connectivity index (χ0v) is 14.8. The number of imidazole rings is 1. The number of hydrogen-bond acceptors (Lipinski definition) is 3. The molecule has 2 aromatic carbocycles. The summed E-state index contributed by atoms with van der Waals surface area (Å²) in [5.41, 5.74) is 5.47. The van der Waals surface area contributed by atoms with Crippen LogP contribution in [0.5, 0.6) is 0 Å². The van der Waals surface area contributed by atoms with Gasteiger partial charge in [-0.15, -0.1) is 0 Å². The first-order valence-corrected chi connectivity index (χ1v) is 8.41. The fourth-order valence-corrected chi connectivity index (χ4v) is 2.63. The van der Waals surface area contributed by atoms with E-state index in [2.05, 4.69) is 31.4 Å². The van der Waals surface area contributed by atoms with Crippen molar-refractivity contribution >= 4 is 39.1 Å². The van der Waals surface area contributed by atoms with E-state index in [0.717, 1.165) is 21.1 Å². The third-order valence-electron chi connectivity index (χ3n) is 3.70. The maximum Gasteiger partial charge on any atom is 0.244 e. The van der Waals surface area contributed by atoms with Crippen molar-refractivity contribution in [3.8, 4) is 0 Å². The SMILES string of the molecule is C[C@@H](Cn1cnc2ccccc21)C(=O)NN=Cc1ccc(Br)cc1. The minimum atomic E-state index is -0.218. The lowest BCUT2D eigenvalue weighted by molar-refractivity contribution is -0.124. The summed E-state index contributed by atoms with van der Waals surface area (Å²) in [6.45, 7) is 2.43. The van der Waals surface area contributed by atoms with Gasteiger partial charge in [0.15, 0.2) is 0 Å². The second-order valence-corrected chi connectivity index (χ2v) is 6.49. The van der Waals surface area contributed by atoms with Crippen LogP contribution >= 0.6 is 15.9 Å². The molecule has 0 saturated carbocycles. The molecule has 0 aliphatic rings. The Morgan fingerprint density at radius 3 is 2.83 bits per heavy atom. The van der Waals surface area contributed by atoms with Crippen molar-refractivity contribution in [2.45, 2.75) is 13.5 Å². The van der Waals surface area contributed by atoms with Gasteiger partial charge in [-0.05, 0) is 29.8 Å². The van der Waals surface area contributed by atoms with Crippen LogP contribution < -0.4 is 5.43 Å². The first-order chi connectivity index (χ1) is 11.6. The average molecular weight is 385 g/mol. The Balaban J connectivity index is 1.59. The molecule has 5 nitrogen and oxygen atoms in total. The Labute approximate surface area is 148 Å². The molecule has 24 heavy (non-hydrogen) atoms. The predicted octanol–water partition coefficient (Wildman–Crippen LogP) is 3.59. The summed E-state index contributed by atoms with van der Waals surface area (Å²) in [7, 11) is 0. The van der Waals surface area contributed by atoms with Gasteiger partial charge in [-0.1, -0.05) is 47.1 Å². The number of halogens is 1. The topological polar surface area (TPSA) is 59.3 Å². The Bertz CT molecular complexity index is 870. The van der Waals surface area contributed by atoms with Crippen LogP contribution in [0.4, 0.5) is 0 Å². The van der Waals surface area contributed by atoms with Gasteiger partial charge in [0.1, 0.15) is 0 Å². The van der Waals surface area contributed by atoms with E-state index in [1.165, 1.54) is 0 Å². The number of fused-ring (bicyclic) bond motifs is 1. The van der Waals surface area contributed by atoms with E-state index in [1.807, 2.05) is 60.0 Å². The normalized spacial score (nSPS) is 12.6. The van der Waals surface area contributed by atoms with E-state index in [9.17, 15) is 4.79 Å². The summed E-state index contributed by atoms with van der Waals surface area (Å²) in [6, 6.07) is 15.6. The van der Waals surface area contributed by atoms with Crippen molar-refractivity contribution in [2.75, 3.05) is 0 Å². The highest BCUT2D eigenvalue weighted by molar-refractivity contribution is 9.10. The molecule has 1 N–H and O–H groups in total. The summed E-state index contributed by atoms with van der Waals surface area (Å²) in [6.07, 6.45) is 3.39. The number of hydrazone groups is 1. The van der Waals surface area contributed by atoms with Crippen LogP contribution in [0.2, 0.25) is 0 Å². The quantitative estimate of drug-likeness (QED) is 0.539. The number of para-hydroxylation sites is 2. The smallest absolute Gasteiger partial charge is 0.244 e. The lowest BCUT2D eigenvalue weighted by Crippen LogP contribution is -2.27.